The highest BCUT2D eigenvalue weighted by atomic mass is 79.9. The Balaban J connectivity index is 2.24. The van der Waals surface area contributed by atoms with Gasteiger partial charge in [0.2, 0.25) is 0 Å². The van der Waals surface area contributed by atoms with Gasteiger partial charge < -0.3 is 9.64 Å². The maximum atomic E-state index is 12.8. The van der Waals surface area contributed by atoms with Crippen molar-refractivity contribution >= 4 is 21.8 Å². The van der Waals surface area contributed by atoms with Gasteiger partial charge in [-0.3, -0.25) is 4.79 Å². The molecule has 1 aromatic rings. The number of carbonyl (C=O) groups excluding carboxylic acids is 1. The zero-order chi connectivity index (χ0) is 14.4. The molecule has 0 spiro atoms. The molecule has 1 fully saturated rings. The lowest BCUT2D eigenvalue weighted by atomic mass is 10.1. The molecule has 1 aromatic carbocycles. The second-order valence-corrected chi connectivity index (χ2v) is 5.73. The van der Waals surface area contributed by atoms with Crippen molar-refractivity contribution in [2.45, 2.75) is 38.6 Å². The highest BCUT2D eigenvalue weighted by molar-refractivity contribution is 9.09. The number of para-hydroxylation sites is 1. The van der Waals surface area contributed by atoms with E-state index in [1.165, 1.54) is 12.8 Å². The topological polar surface area (TPSA) is 29.5 Å². The standard InChI is InChI=1S/C16H22BrNO2/c1-2-20-15-10-6-5-9-14(15)16(19)18-11-7-3-4-8-13(18)12-17/h5-6,9-10,13H,2-4,7-8,11-12H2,1H3. The molecular weight excluding hydrogens is 318 g/mol. The number of rotatable bonds is 4. The number of ether oxygens (including phenoxy) is 1. The number of alkyl halides is 1. The number of hydrogen-bond acceptors (Lipinski definition) is 2. The highest BCUT2D eigenvalue weighted by Gasteiger charge is 2.27. The van der Waals surface area contributed by atoms with E-state index in [-0.39, 0.29) is 5.91 Å². The van der Waals surface area contributed by atoms with Crippen LogP contribution in [0.2, 0.25) is 0 Å². The highest BCUT2D eigenvalue weighted by Crippen LogP contribution is 2.25. The Morgan fingerprint density at radius 3 is 2.90 bits per heavy atom. The average Bonchev–Trinajstić information content (AvgIpc) is 2.72. The fourth-order valence-electron chi connectivity index (χ4n) is 2.68. The first-order valence-corrected chi connectivity index (χ1v) is 8.48. The molecular formula is C16H22BrNO2. The van der Waals surface area contributed by atoms with Crippen molar-refractivity contribution in [3.63, 3.8) is 0 Å². The number of halogens is 1. The number of likely N-dealkylation sites (tertiary alicyclic amines) is 1. The maximum Gasteiger partial charge on any atom is 0.257 e. The van der Waals surface area contributed by atoms with Crippen molar-refractivity contribution in [1.82, 2.24) is 4.90 Å². The molecule has 0 bridgehead atoms. The summed E-state index contributed by atoms with van der Waals surface area (Å²) in [6.07, 6.45) is 4.58. The molecule has 110 valence electrons. The minimum Gasteiger partial charge on any atom is -0.493 e. The van der Waals surface area contributed by atoms with Crippen molar-refractivity contribution < 1.29 is 9.53 Å². The van der Waals surface area contributed by atoms with Gasteiger partial charge in [0.05, 0.1) is 12.2 Å². The zero-order valence-corrected chi connectivity index (χ0v) is 13.6. The van der Waals surface area contributed by atoms with Crippen LogP contribution in [0.4, 0.5) is 0 Å². The molecule has 1 saturated heterocycles. The molecule has 0 N–H and O–H groups in total. The van der Waals surface area contributed by atoms with E-state index in [0.29, 0.717) is 24.0 Å². The lowest BCUT2D eigenvalue weighted by Crippen LogP contribution is -2.41. The number of nitrogens with zero attached hydrogens (tertiary/aromatic N) is 1. The van der Waals surface area contributed by atoms with Crippen molar-refractivity contribution in [1.29, 1.82) is 0 Å². The van der Waals surface area contributed by atoms with Gasteiger partial charge in [-0.25, -0.2) is 0 Å². The smallest absolute Gasteiger partial charge is 0.257 e. The summed E-state index contributed by atoms with van der Waals surface area (Å²) in [5, 5.41) is 0.843. The molecule has 0 aromatic heterocycles. The summed E-state index contributed by atoms with van der Waals surface area (Å²) < 4.78 is 5.59. The fourth-order valence-corrected chi connectivity index (χ4v) is 3.36. The monoisotopic (exact) mass is 339 g/mol. The molecule has 0 radical (unpaired) electrons. The Labute approximate surface area is 129 Å². The molecule has 1 heterocycles. The largest absolute Gasteiger partial charge is 0.493 e. The molecule has 3 nitrogen and oxygen atoms in total. The Bertz CT molecular complexity index is 450. The van der Waals surface area contributed by atoms with E-state index >= 15 is 0 Å². The molecule has 4 heteroatoms. The van der Waals surface area contributed by atoms with E-state index in [0.717, 1.165) is 24.7 Å². The third-order valence-electron chi connectivity index (χ3n) is 3.73. The SMILES string of the molecule is CCOc1ccccc1C(=O)N1CCCCCC1CBr. The third-order valence-corrected chi connectivity index (χ3v) is 4.48. The summed E-state index contributed by atoms with van der Waals surface area (Å²) in [5.74, 6) is 0.790. The van der Waals surface area contributed by atoms with E-state index in [1.807, 2.05) is 36.1 Å². The van der Waals surface area contributed by atoms with Crippen molar-refractivity contribution in [3.05, 3.63) is 29.8 Å². The van der Waals surface area contributed by atoms with Crippen LogP contribution in [0.1, 0.15) is 43.0 Å². The van der Waals surface area contributed by atoms with Gasteiger partial charge in [0.25, 0.3) is 5.91 Å². The fraction of sp³-hybridized carbons (Fsp3) is 0.562. The van der Waals surface area contributed by atoms with Crippen LogP contribution in [0, 0.1) is 0 Å². The molecule has 1 atom stereocenters. The van der Waals surface area contributed by atoms with Gasteiger partial charge in [-0.15, -0.1) is 0 Å². The van der Waals surface area contributed by atoms with E-state index in [4.69, 9.17) is 4.74 Å². The van der Waals surface area contributed by atoms with Crippen LogP contribution in [0.3, 0.4) is 0 Å². The van der Waals surface area contributed by atoms with Crippen LogP contribution in [0.25, 0.3) is 0 Å². The minimum atomic E-state index is 0.0976. The lowest BCUT2D eigenvalue weighted by Gasteiger charge is -2.29. The van der Waals surface area contributed by atoms with Crippen LogP contribution in [-0.2, 0) is 0 Å². The summed E-state index contributed by atoms with van der Waals surface area (Å²) in [4.78, 5) is 14.9. The van der Waals surface area contributed by atoms with Crippen molar-refractivity contribution in [2.24, 2.45) is 0 Å². The van der Waals surface area contributed by atoms with Crippen LogP contribution < -0.4 is 4.74 Å². The molecule has 2 rings (SSSR count). The predicted octanol–water partition coefficient (Wildman–Crippen LogP) is 3.87. The van der Waals surface area contributed by atoms with Crippen LogP contribution in [0.15, 0.2) is 24.3 Å². The second kappa shape index (κ2) is 7.67. The van der Waals surface area contributed by atoms with Gasteiger partial charge in [0.1, 0.15) is 5.75 Å². The van der Waals surface area contributed by atoms with Crippen LogP contribution in [0.5, 0.6) is 5.75 Å². The summed E-state index contributed by atoms with van der Waals surface area (Å²) >= 11 is 3.55. The van der Waals surface area contributed by atoms with Gasteiger partial charge in [0.15, 0.2) is 0 Å². The second-order valence-electron chi connectivity index (χ2n) is 5.09. The Hall–Kier alpha value is -1.03. The van der Waals surface area contributed by atoms with Gasteiger partial charge in [-0.1, -0.05) is 40.9 Å². The van der Waals surface area contributed by atoms with Crippen LogP contribution in [-0.4, -0.2) is 35.3 Å². The molecule has 1 unspecified atom stereocenters. The van der Waals surface area contributed by atoms with Gasteiger partial charge >= 0.3 is 0 Å². The van der Waals surface area contributed by atoms with Gasteiger partial charge in [-0.2, -0.15) is 0 Å². The third kappa shape index (κ3) is 3.54. The first kappa shape index (κ1) is 15.4. The molecule has 0 aliphatic carbocycles. The maximum absolute atomic E-state index is 12.8. The average molecular weight is 340 g/mol. The molecule has 20 heavy (non-hydrogen) atoms. The summed E-state index contributed by atoms with van der Waals surface area (Å²) in [6.45, 7) is 3.36. The predicted molar refractivity (Wildman–Crippen MR) is 84.7 cm³/mol. The zero-order valence-electron chi connectivity index (χ0n) is 12.0. The number of carbonyl (C=O) groups is 1. The Morgan fingerprint density at radius 2 is 2.15 bits per heavy atom. The number of hydrogen-bond donors (Lipinski definition) is 0. The quantitative estimate of drug-likeness (QED) is 0.779. The lowest BCUT2D eigenvalue weighted by molar-refractivity contribution is 0.0698. The Kier molecular flexibility index (Phi) is 5.89. The summed E-state index contributed by atoms with van der Waals surface area (Å²) in [5.41, 5.74) is 0.683. The molecule has 1 aliphatic rings. The molecule has 1 aliphatic heterocycles. The number of benzene rings is 1. The van der Waals surface area contributed by atoms with Gasteiger partial charge in [0, 0.05) is 17.9 Å². The molecule has 0 saturated carbocycles. The Morgan fingerprint density at radius 1 is 1.35 bits per heavy atom. The van der Waals surface area contributed by atoms with Gasteiger partial charge in [-0.05, 0) is 31.9 Å². The number of amides is 1. The van der Waals surface area contributed by atoms with E-state index < -0.39 is 0 Å². The normalized spacial score (nSPS) is 19.5. The van der Waals surface area contributed by atoms with E-state index in [2.05, 4.69) is 15.9 Å². The van der Waals surface area contributed by atoms with Crippen molar-refractivity contribution in [3.8, 4) is 5.75 Å². The summed E-state index contributed by atoms with van der Waals surface area (Å²) in [6, 6.07) is 7.84. The van der Waals surface area contributed by atoms with E-state index in [9.17, 15) is 4.79 Å². The van der Waals surface area contributed by atoms with Crippen molar-refractivity contribution in [2.75, 3.05) is 18.5 Å². The first-order chi connectivity index (χ1) is 9.77. The van der Waals surface area contributed by atoms with E-state index in [1.54, 1.807) is 0 Å². The molecule has 1 amide bonds. The van der Waals surface area contributed by atoms with Crippen LogP contribution >= 0.6 is 15.9 Å². The minimum absolute atomic E-state index is 0.0976. The summed E-state index contributed by atoms with van der Waals surface area (Å²) in [7, 11) is 0. The first-order valence-electron chi connectivity index (χ1n) is 7.36.